The minimum Gasteiger partial charge on any atom is -0.333 e. The lowest BCUT2D eigenvalue weighted by molar-refractivity contribution is 0.590. The van der Waals surface area contributed by atoms with Gasteiger partial charge in [0.2, 0.25) is 0 Å². The van der Waals surface area contributed by atoms with Crippen molar-refractivity contribution >= 4 is 50.2 Å². The first kappa shape index (κ1) is 34.6. The fourth-order valence-electron chi connectivity index (χ4n) is 8.77. The minimum absolute atomic E-state index is 0.0592. The lowest BCUT2D eigenvalue weighted by Crippen LogP contribution is -2.19. The zero-order valence-corrected chi connectivity index (χ0v) is 32.7. The lowest BCUT2D eigenvalue weighted by atomic mass is 9.87. The van der Waals surface area contributed by atoms with Crippen molar-refractivity contribution in [1.29, 1.82) is 0 Å². The Kier molecular flexibility index (Phi) is 8.52. The van der Waals surface area contributed by atoms with Crippen LogP contribution in [0.4, 0.5) is 28.6 Å². The van der Waals surface area contributed by atoms with Gasteiger partial charge in [0.05, 0.1) is 11.6 Å². The van der Waals surface area contributed by atoms with Gasteiger partial charge in [-0.05, 0) is 112 Å². The summed E-state index contributed by atoms with van der Waals surface area (Å²) in [5.41, 5.74) is 13.5. The minimum atomic E-state index is 0.0592. The normalized spacial score (nSPS) is 13.9. The van der Waals surface area contributed by atoms with Crippen molar-refractivity contribution in [3.63, 3.8) is 0 Å². The quantitative estimate of drug-likeness (QED) is 0.161. The number of aromatic nitrogens is 1. The smallest absolute Gasteiger partial charge is 0.123 e. The van der Waals surface area contributed by atoms with Crippen molar-refractivity contribution in [1.82, 2.24) is 4.57 Å². The highest BCUT2D eigenvalue weighted by atomic mass is 15.3. The average Bonchev–Trinajstić information content (AvgIpc) is 3.82. The van der Waals surface area contributed by atoms with Gasteiger partial charge in [-0.15, -0.1) is 0 Å². The maximum atomic E-state index is 2.57. The molecule has 276 valence electrons. The van der Waals surface area contributed by atoms with Crippen LogP contribution in [0.25, 0.3) is 38.5 Å². The predicted octanol–water partition coefficient (Wildman–Crippen LogP) is 14.7. The van der Waals surface area contributed by atoms with E-state index in [1.54, 1.807) is 0 Å². The fourth-order valence-corrected chi connectivity index (χ4v) is 8.77. The summed E-state index contributed by atoms with van der Waals surface area (Å²) < 4.78 is 2.44. The number of rotatable bonds is 7. The van der Waals surface area contributed by atoms with Crippen LogP contribution in [0.15, 0.2) is 200 Å². The Balaban J connectivity index is 1.13. The molecule has 1 aromatic heterocycles. The monoisotopic (exact) mass is 735 g/mol. The predicted molar refractivity (Wildman–Crippen MR) is 241 cm³/mol. The third kappa shape index (κ3) is 6.26. The van der Waals surface area contributed by atoms with Gasteiger partial charge in [-0.1, -0.05) is 154 Å². The van der Waals surface area contributed by atoms with Crippen LogP contribution < -0.4 is 9.80 Å². The number of fused-ring (bicyclic) bond motifs is 3. The van der Waals surface area contributed by atoms with Gasteiger partial charge in [-0.2, -0.15) is 0 Å². The molecule has 0 fully saturated rings. The molecule has 3 heteroatoms. The van der Waals surface area contributed by atoms with E-state index in [1.807, 2.05) is 0 Å². The molecule has 0 N–H and O–H groups in total. The summed E-state index contributed by atoms with van der Waals surface area (Å²) in [6, 6.07) is 73.6. The topological polar surface area (TPSA) is 11.4 Å². The molecule has 0 amide bonds. The Labute approximate surface area is 335 Å². The largest absolute Gasteiger partial charge is 0.333 e. The maximum Gasteiger partial charge on any atom is 0.123 e. The molecule has 57 heavy (non-hydrogen) atoms. The maximum absolute atomic E-state index is 2.57. The Bertz CT molecular complexity index is 2800. The van der Waals surface area contributed by atoms with Gasteiger partial charge in [-0.25, -0.2) is 0 Å². The molecule has 1 aliphatic rings. The summed E-state index contributed by atoms with van der Waals surface area (Å²) in [6.07, 6.45) is 0.933. The van der Waals surface area contributed by atoms with E-state index in [2.05, 4.69) is 235 Å². The second kappa shape index (κ2) is 14.0. The third-order valence-corrected chi connectivity index (χ3v) is 11.6. The molecule has 0 bridgehead atoms. The Hall–Kier alpha value is -6.84. The number of para-hydroxylation sites is 2. The third-order valence-electron chi connectivity index (χ3n) is 11.6. The number of nitrogens with zero attached hydrogens (tertiary/aromatic N) is 3. The lowest BCUT2D eigenvalue weighted by Gasteiger charge is -2.29. The summed E-state index contributed by atoms with van der Waals surface area (Å²) in [5.74, 6) is 1.09. The SMILES string of the molecule is CC(C)(C)c1ccc(-n2c(N(c3ccccc3)c3ccccc3)cc3ccc(-c4ccc5c(c4)CC(c4ccccc4)N5c4cccc5ccccc45)cc32)cc1. The van der Waals surface area contributed by atoms with E-state index in [-0.39, 0.29) is 11.5 Å². The van der Waals surface area contributed by atoms with Crippen LogP contribution in [0.3, 0.4) is 0 Å². The molecular formula is C54H45N3. The van der Waals surface area contributed by atoms with Gasteiger partial charge in [0, 0.05) is 39.2 Å². The molecule has 0 saturated heterocycles. The van der Waals surface area contributed by atoms with Crippen LogP contribution in [0, 0.1) is 0 Å². The second-order valence-corrected chi connectivity index (χ2v) is 16.3. The van der Waals surface area contributed by atoms with E-state index in [0.29, 0.717) is 0 Å². The van der Waals surface area contributed by atoms with Crippen LogP contribution >= 0.6 is 0 Å². The van der Waals surface area contributed by atoms with E-state index >= 15 is 0 Å². The molecular weight excluding hydrogens is 691 g/mol. The number of hydrogen-bond acceptors (Lipinski definition) is 2. The highest BCUT2D eigenvalue weighted by Crippen LogP contribution is 2.49. The van der Waals surface area contributed by atoms with Crippen LogP contribution in [-0.4, -0.2) is 4.57 Å². The molecule has 1 atom stereocenters. The molecule has 2 heterocycles. The zero-order valence-electron chi connectivity index (χ0n) is 32.7. The second-order valence-electron chi connectivity index (χ2n) is 16.3. The van der Waals surface area contributed by atoms with Gasteiger partial charge in [0.25, 0.3) is 0 Å². The van der Waals surface area contributed by atoms with Crippen molar-refractivity contribution in [2.45, 2.75) is 38.6 Å². The molecule has 0 aliphatic carbocycles. The Morgan fingerprint density at radius 1 is 0.509 bits per heavy atom. The van der Waals surface area contributed by atoms with Crippen LogP contribution in [0.2, 0.25) is 0 Å². The Morgan fingerprint density at radius 3 is 1.82 bits per heavy atom. The number of hydrogen-bond donors (Lipinski definition) is 0. The van der Waals surface area contributed by atoms with Gasteiger partial charge >= 0.3 is 0 Å². The highest BCUT2D eigenvalue weighted by molar-refractivity contribution is 5.98. The first-order valence-corrected chi connectivity index (χ1v) is 20.0. The van der Waals surface area contributed by atoms with Gasteiger partial charge in [0.1, 0.15) is 5.82 Å². The summed E-state index contributed by atoms with van der Waals surface area (Å²) in [7, 11) is 0. The molecule has 3 nitrogen and oxygen atoms in total. The number of anilines is 5. The Morgan fingerprint density at radius 2 is 1.12 bits per heavy atom. The molecule has 0 radical (unpaired) electrons. The van der Waals surface area contributed by atoms with Gasteiger partial charge in [-0.3, -0.25) is 9.47 Å². The van der Waals surface area contributed by atoms with Crippen LogP contribution in [-0.2, 0) is 11.8 Å². The summed E-state index contributed by atoms with van der Waals surface area (Å²) >= 11 is 0. The summed E-state index contributed by atoms with van der Waals surface area (Å²) in [5, 5.41) is 3.72. The van der Waals surface area contributed by atoms with Crippen molar-refractivity contribution in [2.24, 2.45) is 0 Å². The fraction of sp³-hybridized carbons (Fsp3) is 0.111. The van der Waals surface area contributed by atoms with E-state index in [0.717, 1.165) is 29.3 Å². The molecule has 0 spiro atoms. The molecule has 1 unspecified atom stereocenters. The standard InChI is InChI=1S/C54H45N3/c1-54(2,3)44-29-31-47(32-30-44)56-52-35-41(26-27-42(52)37-53(56)55(45-20-9-5-10-21-45)46-22-11-6-12-23-46)40-28-33-49-43(34-40)36-51(39-17-7-4-8-18-39)57(49)50-25-15-19-38-16-13-14-24-48(38)50/h4-35,37,51H,36H2,1-3H3. The van der Waals surface area contributed by atoms with E-state index in [1.165, 1.54) is 60.9 Å². The van der Waals surface area contributed by atoms with Gasteiger partial charge in [0.15, 0.2) is 0 Å². The zero-order chi connectivity index (χ0) is 38.5. The first-order valence-electron chi connectivity index (χ1n) is 20.0. The van der Waals surface area contributed by atoms with E-state index in [4.69, 9.17) is 0 Å². The molecule has 8 aromatic carbocycles. The van der Waals surface area contributed by atoms with Crippen molar-refractivity contribution in [3.8, 4) is 16.8 Å². The molecule has 9 aromatic rings. The van der Waals surface area contributed by atoms with Crippen molar-refractivity contribution in [3.05, 3.63) is 217 Å². The summed E-state index contributed by atoms with van der Waals surface area (Å²) in [6.45, 7) is 6.83. The van der Waals surface area contributed by atoms with Gasteiger partial charge < -0.3 is 4.90 Å². The molecule has 0 saturated carbocycles. The summed E-state index contributed by atoms with van der Waals surface area (Å²) in [4.78, 5) is 4.94. The van der Waals surface area contributed by atoms with Crippen molar-refractivity contribution in [2.75, 3.05) is 9.80 Å². The average molecular weight is 736 g/mol. The van der Waals surface area contributed by atoms with E-state index < -0.39 is 0 Å². The highest BCUT2D eigenvalue weighted by Gasteiger charge is 2.33. The van der Waals surface area contributed by atoms with Crippen LogP contribution in [0.1, 0.15) is 43.5 Å². The van der Waals surface area contributed by atoms with E-state index in [9.17, 15) is 0 Å². The van der Waals surface area contributed by atoms with Crippen molar-refractivity contribution < 1.29 is 0 Å². The van der Waals surface area contributed by atoms with Crippen LogP contribution in [0.5, 0.6) is 0 Å². The first-order chi connectivity index (χ1) is 27.9. The number of benzene rings is 8. The molecule has 10 rings (SSSR count). The molecule has 1 aliphatic heterocycles.